The number of carbonyl (C=O) groups excluding carboxylic acids is 1. The minimum atomic E-state index is -1.37. The highest BCUT2D eigenvalue weighted by atomic mass is 16.4. The Morgan fingerprint density at radius 3 is 2.46 bits per heavy atom. The molecule has 35 heavy (non-hydrogen) atoms. The summed E-state index contributed by atoms with van der Waals surface area (Å²) in [5.74, 6) is -0.776. The lowest BCUT2D eigenvalue weighted by Crippen LogP contribution is -2.29. The molecule has 0 aliphatic carbocycles. The number of benzene rings is 2. The number of aliphatic carboxylic acids is 1. The van der Waals surface area contributed by atoms with Crippen LogP contribution in [-0.2, 0) is 23.2 Å². The van der Waals surface area contributed by atoms with Crippen LogP contribution in [0.15, 0.2) is 43.0 Å². The van der Waals surface area contributed by atoms with Gasteiger partial charge in [0.25, 0.3) is 5.91 Å². The van der Waals surface area contributed by atoms with E-state index in [2.05, 4.69) is 11.9 Å². The van der Waals surface area contributed by atoms with Crippen LogP contribution in [0.4, 0.5) is 5.69 Å². The fourth-order valence-electron chi connectivity index (χ4n) is 4.36. The van der Waals surface area contributed by atoms with E-state index in [1.54, 1.807) is 23.1 Å². The summed E-state index contributed by atoms with van der Waals surface area (Å²) in [6, 6.07) is 9.28. The average Bonchev–Trinajstić information content (AvgIpc) is 3.49. The van der Waals surface area contributed by atoms with Crippen molar-refractivity contribution < 1.29 is 14.7 Å². The number of hydrogen-bond acceptors (Lipinski definition) is 6. The monoisotopic (exact) mass is 475 g/mol. The average molecular weight is 476 g/mol. The van der Waals surface area contributed by atoms with Crippen LogP contribution in [0.1, 0.15) is 41.4 Å². The van der Waals surface area contributed by atoms with Crippen molar-refractivity contribution in [2.24, 2.45) is 18.5 Å². The molecular weight excluding hydrogens is 446 g/mol. The Kier molecular flexibility index (Phi) is 6.57. The van der Waals surface area contributed by atoms with Crippen molar-refractivity contribution in [3.8, 4) is 0 Å². The predicted molar refractivity (Wildman–Crippen MR) is 135 cm³/mol. The summed E-state index contributed by atoms with van der Waals surface area (Å²) in [5, 5.41) is 20.5. The number of nitrogens with one attached hydrogen (secondary N) is 2. The largest absolute Gasteiger partial charge is 0.480 e. The number of hydrogen-bond donors (Lipinski definition) is 5. The van der Waals surface area contributed by atoms with E-state index in [1.165, 1.54) is 0 Å². The van der Waals surface area contributed by atoms with E-state index in [1.807, 2.05) is 29.8 Å². The van der Waals surface area contributed by atoms with Crippen LogP contribution in [0.3, 0.4) is 0 Å². The SMILES string of the molecule is C=C(C(=O)N1CCCC1)c1ccc2c(nc(CNc3ccc(C(=N)N)cc3)n2C)c1C(N)C(=O)O. The van der Waals surface area contributed by atoms with Crippen LogP contribution < -0.4 is 16.8 Å². The zero-order valence-electron chi connectivity index (χ0n) is 19.5. The Bertz CT molecular complexity index is 1320. The van der Waals surface area contributed by atoms with Crippen LogP contribution in [0.25, 0.3) is 16.6 Å². The summed E-state index contributed by atoms with van der Waals surface area (Å²) in [4.78, 5) is 31.4. The molecule has 1 aromatic heterocycles. The Balaban J connectivity index is 1.70. The smallest absolute Gasteiger partial charge is 0.325 e. The molecule has 3 aromatic rings. The maximum atomic E-state index is 13.0. The second-order valence-corrected chi connectivity index (χ2v) is 8.62. The van der Waals surface area contributed by atoms with E-state index in [4.69, 9.17) is 21.9 Å². The minimum absolute atomic E-state index is 0.00481. The first kappa shape index (κ1) is 24.0. The van der Waals surface area contributed by atoms with Crippen LogP contribution in [0.2, 0.25) is 0 Å². The molecule has 7 N–H and O–H groups in total. The van der Waals surface area contributed by atoms with Crippen LogP contribution >= 0.6 is 0 Å². The van der Waals surface area contributed by atoms with Gasteiger partial charge in [-0.1, -0.05) is 12.6 Å². The zero-order chi connectivity index (χ0) is 25.3. The van der Waals surface area contributed by atoms with Crippen molar-refractivity contribution in [3.05, 3.63) is 65.5 Å². The van der Waals surface area contributed by atoms with E-state index in [0.29, 0.717) is 47.6 Å². The molecule has 10 heteroatoms. The van der Waals surface area contributed by atoms with Crippen molar-refractivity contribution in [3.63, 3.8) is 0 Å². The van der Waals surface area contributed by atoms with Crippen molar-refractivity contribution >= 4 is 40.0 Å². The van der Waals surface area contributed by atoms with Gasteiger partial charge >= 0.3 is 5.97 Å². The Morgan fingerprint density at radius 2 is 1.86 bits per heavy atom. The molecule has 0 radical (unpaired) electrons. The third-order valence-corrected chi connectivity index (χ3v) is 6.39. The van der Waals surface area contributed by atoms with Gasteiger partial charge in [-0.25, -0.2) is 4.98 Å². The summed E-state index contributed by atoms with van der Waals surface area (Å²) in [5.41, 5.74) is 15.1. The van der Waals surface area contributed by atoms with E-state index >= 15 is 0 Å². The number of nitrogen functional groups attached to an aromatic ring is 1. The maximum Gasteiger partial charge on any atom is 0.325 e. The van der Waals surface area contributed by atoms with E-state index in [9.17, 15) is 14.7 Å². The number of aryl methyl sites for hydroxylation is 1. The summed E-state index contributed by atoms with van der Waals surface area (Å²) >= 11 is 0. The standard InChI is InChI=1S/C25H29N7O3/c1-14(24(33)32-11-3-4-12-32)17-9-10-18-22(20(17)21(26)25(34)35)30-19(31(18)2)13-29-16-7-5-15(6-8-16)23(27)28/h5-10,21,29H,1,3-4,11-13,26H2,2H3,(H3,27,28)(H,34,35). The van der Waals surface area contributed by atoms with E-state index < -0.39 is 12.0 Å². The van der Waals surface area contributed by atoms with Gasteiger partial charge in [0.2, 0.25) is 0 Å². The lowest BCUT2D eigenvalue weighted by molar-refractivity contribution is -0.138. The minimum Gasteiger partial charge on any atom is -0.480 e. The van der Waals surface area contributed by atoms with Gasteiger partial charge in [-0.2, -0.15) is 0 Å². The Hall–Kier alpha value is -4.18. The number of rotatable bonds is 8. The number of amides is 1. The number of amidine groups is 1. The second kappa shape index (κ2) is 9.59. The lowest BCUT2D eigenvalue weighted by Gasteiger charge is -2.20. The third kappa shape index (κ3) is 4.60. The summed E-state index contributed by atoms with van der Waals surface area (Å²) < 4.78 is 1.86. The number of carbonyl (C=O) groups is 2. The molecule has 2 aromatic carbocycles. The lowest BCUT2D eigenvalue weighted by atomic mass is 9.93. The van der Waals surface area contributed by atoms with Crippen LogP contribution in [0.5, 0.6) is 0 Å². The molecule has 1 amide bonds. The fourth-order valence-corrected chi connectivity index (χ4v) is 4.36. The Morgan fingerprint density at radius 1 is 1.20 bits per heavy atom. The van der Waals surface area contributed by atoms with Gasteiger partial charge in [0, 0.05) is 42.5 Å². The predicted octanol–water partition coefficient (Wildman–Crippen LogP) is 2.19. The number of aromatic nitrogens is 2. The van der Waals surface area contributed by atoms with Gasteiger partial charge in [0.15, 0.2) is 0 Å². The quantitative estimate of drug-likeness (QED) is 0.189. The number of carboxylic acid groups (broad SMARTS) is 1. The molecule has 4 rings (SSSR count). The molecule has 1 atom stereocenters. The number of anilines is 1. The molecule has 0 spiro atoms. The van der Waals surface area contributed by atoms with Gasteiger partial charge in [-0.15, -0.1) is 0 Å². The highest BCUT2D eigenvalue weighted by Crippen LogP contribution is 2.32. The number of carboxylic acids is 1. The second-order valence-electron chi connectivity index (χ2n) is 8.62. The van der Waals surface area contributed by atoms with Crippen LogP contribution in [-0.4, -0.2) is 50.4 Å². The highest BCUT2D eigenvalue weighted by molar-refractivity contribution is 6.20. The highest BCUT2D eigenvalue weighted by Gasteiger charge is 2.29. The normalized spacial score (nSPS) is 14.2. The molecule has 2 heterocycles. The molecule has 1 fully saturated rings. The molecule has 0 saturated carbocycles. The van der Waals surface area contributed by atoms with Gasteiger partial charge in [0.1, 0.15) is 17.7 Å². The first-order valence-electron chi connectivity index (χ1n) is 11.3. The zero-order valence-corrected chi connectivity index (χ0v) is 19.5. The Labute approximate surface area is 202 Å². The first-order valence-corrected chi connectivity index (χ1v) is 11.3. The van der Waals surface area contributed by atoms with E-state index in [0.717, 1.165) is 18.5 Å². The number of imidazole rings is 1. The van der Waals surface area contributed by atoms with Crippen molar-refractivity contribution in [2.45, 2.75) is 25.4 Å². The third-order valence-electron chi connectivity index (χ3n) is 6.39. The molecule has 1 aliphatic rings. The molecule has 182 valence electrons. The summed E-state index contributed by atoms with van der Waals surface area (Å²) in [6.45, 7) is 5.67. The molecule has 0 bridgehead atoms. The topological polar surface area (TPSA) is 163 Å². The summed E-state index contributed by atoms with van der Waals surface area (Å²) in [7, 11) is 1.84. The van der Waals surface area contributed by atoms with Gasteiger partial charge < -0.3 is 31.4 Å². The number of nitrogens with two attached hydrogens (primary N) is 2. The summed E-state index contributed by atoms with van der Waals surface area (Å²) in [6.07, 6.45) is 1.88. The molecular formula is C25H29N7O3. The molecule has 1 aliphatic heterocycles. The molecule has 1 saturated heterocycles. The fraction of sp³-hybridized carbons (Fsp3) is 0.280. The number of likely N-dealkylation sites (tertiary alicyclic amines) is 1. The van der Waals surface area contributed by atoms with Crippen molar-refractivity contribution in [1.82, 2.24) is 14.5 Å². The van der Waals surface area contributed by atoms with Gasteiger partial charge in [-0.3, -0.25) is 15.0 Å². The van der Waals surface area contributed by atoms with Gasteiger partial charge in [0.05, 0.1) is 17.6 Å². The number of fused-ring (bicyclic) bond motifs is 1. The molecule has 1 unspecified atom stereocenters. The van der Waals surface area contributed by atoms with Gasteiger partial charge in [-0.05, 0) is 48.7 Å². The van der Waals surface area contributed by atoms with Crippen molar-refractivity contribution in [1.29, 1.82) is 5.41 Å². The van der Waals surface area contributed by atoms with Crippen molar-refractivity contribution in [2.75, 3.05) is 18.4 Å². The maximum absolute atomic E-state index is 13.0. The van der Waals surface area contributed by atoms with E-state index in [-0.39, 0.29) is 22.9 Å². The molecule has 10 nitrogen and oxygen atoms in total. The van der Waals surface area contributed by atoms with Crippen LogP contribution in [0, 0.1) is 5.41 Å². The number of nitrogens with zero attached hydrogens (tertiary/aromatic N) is 3. The first-order chi connectivity index (χ1) is 16.7.